The highest BCUT2D eigenvalue weighted by Gasteiger charge is 2.17. The molecule has 0 aliphatic rings. The van der Waals surface area contributed by atoms with Crippen molar-refractivity contribution in [1.29, 1.82) is 0 Å². The molecule has 0 saturated carbocycles. The number of nitrogens with zero attached hydrogens (tertiary/aromatic N) is 1. The van der Waals surface area contributed by atoms with Gasteiger partial charge in [0.15, 0.2) is 0 Å². The van der Waals surface area contributed by atoms with E-state index in [0.717, 1.165) is 38.8 Å². The summed E-state index contributed by atoms with van der Waals surface area (Å²) in [5, 5.41) is 0. The topological polar surface area (TPSA) is 68.2 Å². The van der Waals surface area contributed by atoms with Crippen LogP contribution < -0.4 is 0 Å². The Balaban J connectivity index is 3.83. The highest BCUT2D eigenvalue weighted by atomic mass is 31.2. The summed E-state index contributed by atoms with van der Waals surface area (Å²) in [4.78, 5) is 24.3. The van der Waals surface area contributed by atoms with Crippen LogP contribution in [-0.2, 0) is 18.6 Å². The Morgan fingerprint density at radius 1 is 0.722 bits per heavy atom. The molecule has 0 aromatic carbocycles. The molecule has 1 N–H and O–H groups in total. The molecule has 0 saturated heterocycles. The SMILES string of the molecule is CCCCCCCCCCCCCCCOCC(COP(O)OCCCCN(C)C)CC(=O)CCC. The minimum atomic E-state index is -1.90. The van der Waals surface area contributed by atoms with Gasteiger partial charge in [-0.1, -0.05) is 90.9 Å². The van der Waals surface area contributed by atoms with E-state index in [4.69, 9.17) is 13.8 Å². The Morgan fingerprint density at radius 2 is 1.28 bits per heavy atom. The Kier molecular flexibility index (Phi) is 27.8. The third-order valence-corrected chi connectivity index (χ3v) is 7.19. The fraction of sp³-hybridized carbons (Fsp3) is 0.966. The highest BCUT2D eigenvalue weighted by Crippen LogP contribution is 2.34. The van der Waals surface area contributed by atoms with Gasteiger partial charge in [0.2, 0.25) is 0 Å². The maximum Gasteiger partial charge on any atom is 0.329 e. The van der Waals surface area contributed by atoms with Crippen molar-refractivity contribution in [3.05, 3.63) is 0 Å². The van der Waals surface area contributed by atoms with Crippen molar-refractivity contribution < 1.29 is 23.5 Å². The van der Waals surface area contributed by atoms with E-state index in [1.807, 2.05) is 21.0 Å². The van der Waals surface area contributed by atoms with Crippen molar-refractivity contribution in [3.63, 3.8) is 0 Å². The van der Waals surface area contributed by atoms with E-state index in [1.54, 1.807) is 0 Å². The van der Waals surface area contributed by atoms with Gasteiger partial charge in [0.25, 0.3) is 0 Å². The van der Waals surface area contributed by atoms with Gasteiger partial charge >= 0.3 is 8.60 Å². The molecule has 0 fully saturated rings. The minimum Gasteiger partial charge on any atom is -0.381 e. The lowest BCUT2D eigenvalue weighted by molar-refractivity contribution is -0.120. The van der Waals surface area contributed by atoms with E-state index in [9.17, 15) is 9.69 Å². The minimum absolute atomic E-state index is 0.0273. The van der Waals surface area contributed by atoms with Crippen molar-refractivity contribution in [2.45, 2.75) is 129 Å². The van der Waals surface area contributed by atoms with Gasteiger partial charge in [-0.3, -0.25) is 4.79 Å². The maximum absolute atomic E-state index is 12.2. The molecule has 0 spiro atoms. The van der Waals surface area contributed by atoms with Gasteiger partial charge in [-0.25, -0.2) is 0 Å². The summed E-state index contributed by atoms with van der Waals surface area (Å²) in [7, 11) is 2.19. The van der Waals surface area contributed by atoms with E-state index in [2.05, 4.69) is 11.8 Å². The van der Waals surface area contributed by atoms with Crippen LogP contribution in [0.4, 0.5) is 0 Å². The molecule has 2 unspecified atom stereocenters. The molecular formula is C29H60NO5P. The first kappa shape index (κ1) is 35.9. The first-order valence-electron chi connectivity index (χ1n) is 15.0. The van der Waals surface area contributed by atoms with Gasteiger partial charge in [0.05, 0.1) is 19.8 Å². The van der Waals surface area contributed by atoms with E-state index in [1.165, 1.54) is 77.0 Å². The number of hydrogen-bond acceptors (Lipinski definition) is 6. The standard InChI is InChI=1S/C29H60NO5P/c1-5-7-8-9-10-11-12-13-14-15-16-17-19-23-33-26-28(25-29(31)21-6-2)27-35-36(32)34-24-20-18-22-30(3)4/h28,32H,5-27H2,1-4H3. The fourth-order valence-corrected chi connectivity index (χ4v) is 4.92. The maximum atomic E-state index is 12.2. The van der Waals surface area contributed by atoms with Crippen LogP contribution in [0.5, 0.6) is 0 Å². The van der Waals surface area contributed by atoms with Gasteiger partial charge in [-0.2, -0.15) is 0 Å². The quantitative estimate of drug-likeness (QED) is 0.0774. The first-order chi connectivity index (χ1) is 17.5. The summed E-state index contributed by atoms with van der Waals surface area (Å²) < 4.78 is 16.8. The van der Waals surface area contributed by atoms with E-state index >= 15 is 0 Å². The summed E-state index contributed by atoms with van der Waals surface area (Å²) in [5.41, 5.74) is 0. The van der Waals surface area contributed by atoms with Crippen molar-refractivity contribution in [3.8, 4) is 0 Å². The van der Waals surface area contributed by atoms with Crippen molar-refractivity contribution in [1.82, 2.24) is 4.90 Å². The molecule has 0 aromatic rings. The second-order valence-corrected chi connectivity index (χ2v) is 11.5. The Morgan fingerprint density at radius 3 is 1.83 bits per heavy atom. The first-order valence-corrected chi connectivity index (χ1v) is 16.1. The van der Waals surface area contributed by atoms with Crippen LogP contribution >= 0.6 is 8.60 Å². The average molecular weight is 534 g/mol. The van der Waals surface area contributed by atoms with Crippen LogP contribution in [0.15, 0.2) is 0 Å². The Labute approximate surface area is 225 Å². The average Bonchev–Trinajstić information content (AvgIpc) is 2.84. The molecule has 0 rings (SSSR count). The molecular weight excluding hydrogens is 473 g/mol. The van der Waals surface area contributed by atoms with Gasteiger partial charge < -0.3 is 23.6 Å². The third-order valence-electron chi connectivity index (χ3n) is 6.41. The largest absolute Gasteiger partial charge is 0.381 e. The Hall–Kier alpha value is -0.100. The van der Waals surface area contributed by atoms with Gasteiger partial charge in [0.1, 0.15) is 5.78 Å². The molecule has 0 amide bonds. The number of unbranched alkanes of at least 4 members (excludes halogenated alkanes) is 13. The molecule has 2 atom stereocenters. The van der Waals surface area contributed by atoms with Crippen LogP contribution in [0.1, 0.15) is 129 Å². The number of carbonyl (C=O) groups is 1. The predicted molar refractivity (Wildman–Crippen MR) is 153 cm³/mol. The zero-order chi connectivity index (χ0) is 26.7. The third kappa shape index (κ3) is 26.9. The number of ether oxygens (including phenoxy) is 1. The zero-order valence-electron chi connectivity index (χ0n) is 24.3. The molecule has 0 aromatic heterocycles. The summed E-state index contributed by atoms with van der Waals surface area (Å²) in [6, 6.07) is 0. The molecule has 7 heteroatoms. The van der Waals surface area contributed by atoms with Crippen LogP contribution in [0, 0.1) is 5.92 Å². The number of rotatable bonds is 29. The zero-order valence-corrected chi connectivity index (χ0v) is 25.2. The van der Waals surface area contributed by atoms with Gasteiger partial charge in [-0.05, 0) is 46.3 Å². The van der Waals surface area contributed by atoms with Crippen LogP contribution in [0.2, 0.25) is 0 Å². The molecule has 0 aliphatic heterocycles. The highest BCUT2D eigenvalue weighted by molar-refractivity contribution is 7.40. The lowest BCUT2D eigenvalue weighted by Gasteiger charge is -2.18. The predicted octanol–water partition coefficient (Wildman–Crippen LogP) is 8.06. The molecule has 36 heavy (non-hydrogen) atoms. The van der Waals surface area contributed by atoms with Crippen molar-refractivity contribution >= 4 is 14.4 Å². The van der Waals surface area contributed by atoms with E-state index in [0.29, 0.717) is 32.7 Å². The number of carbonyl (C=O) groups excluding carboxylic acids is 1. The summed E-state index contributed by atoms with van der Waals surface area (Å²) >= 11 is 0. The monoisotopic (exact) mass is 533 g/mol. The molecule has 216 valence electrons. The van der Waals surface area contributed by atoms with E-state index < -0.39 is 8.60 Å². The fourth-order valence-electron chi connectivity index (χ4n) is 4.22. The van der Waals surface area contributed by atoms with Gasteiger partial charge in [-0.15, -0.1) is 0 Å². The molecule has 0 radical (unpaired) electrons. The van der Waals surface area contributed by atoms with E-state index in [-0.39, 0.29) is 11.7 Å². The molecule has 0 bridgehead atoms. The second-order valence-electron chi connectivity index (χ2n) is 10.6. The van der Waals surface area contributed by atoms with Crippen molar-refractivity contribution in [2.24, 2.45) is 5.92 Å². The normalized spacial score (nSPS) is 13.4. The summed E-state index contributed by atoms with van der Waals surface area (Å²) in [6.45, 7) is 7.32. The van der Waals surface area contributed by atoms with Crippen molar-refractivity contribution in [2.75, 3.05) is 47.1 Å². The Bertz CT molecular complexity index is 467. The molecule has 0 heterocycles. The number of Topliss-reactive ketones (excluding diaryl/α,β-unsaturated/α-hetero) is 1. The van der Waals surface area contributed by atoms with Crippen LogP contribution in [-0.4, -0.2) is 62.6 Å². The number of hydrogen-bond donors (Lipinski definition) is 1. The van der Waals surface area contributed by atoms with Crippen LogP contribution in [0.25, 0.3) is 0 Å². The summed E-state index contributed by atoms with van der Waals surface area (Å²) in [5.74, 6) is 0.211. The van der Waals surface area contributed by atoms with Crippen LogP contribution in [0.3, 0.4) is 0 Å². The lowest BCUT2D eigenvalue weighted by atomic mass is 10.0. The lowest BCUT2D eigenvalue weighted by Crippen LogP contribution is -2.20. The smallest absolute Gasteiger partial charge is 0.329 e. The summed E-state index contributed by atoms with van der Waals surface area (Å²) in [6.07, 6.45) is 21.2. The molecule has 0 aliphatic carbocycles. The van der Waals surface area contributed by atoms with Gasteiger partial charge in [0, 0.05) is 25.4 Å². The molecule has 6 nitrogen and oxygen atoms in total. The second kappa shape index (κ2) is 27.9. The number of ketones is 1.